The molecule has 2 rings (SSSR count). The molecule has 0 N–H and O–H groups in total. The number of nitrogens with zero attached hydrogens (tertiary/aromatic N) is 1. The summed E-state index contributed by atoms with van der Waals surface area (Å²) in [5.41, 5.74) is 1.00. The van der Waals surface area contributed by atoms with Crippen molar-refractivity contribution < 1.29 is 9.18 Å². The van der Waals surface area contributed by atoms with Crippen LogP contribution >= 0.6 is 0 Å². The van der Waals surface area contributed by atoms with E-state index >= 15 is 0 Å². The van der Waals surface area contributed by atoms with Gasteiger partial charge in [0.15, 0.2) is 5.78 Å². The smallest absolute Gasteiger partial charge is 0.164 e. The van der Waals surface area contributed by atoms with Gasteiger partial charge >= 0.3 is 0 Å². The van der Waals surface area contributed by atoms with E-state index in [4.69, 9.17) is 0 Å². The molecule has 1 aromatic carbocycles. The quantitative estimate of drug-likeness (QED) is 0.771. The van der Waals surface area contributed by atoms with Gasteiger partial charge in [-0.15, -0.1) is 0 Å². The Morgan fingerprint density at radius 2 is 1.95 bits per heavy atom. The Balaban J connectivity index is 2.20. The topological polar surface area (TPSA) is 20.3 Å². The molecule has 1 saturated heterocycles. The van der Waals surface area contributed by atoms with Gasteiger partial charge in [0.05, 0.1) is 11.3 Å². The number of hydrogen-bond acceptors (Lipinski definition) is 2. The van der Waals surface area contributed by atoms with Gasteiger partial charge in [-0.1, -0.05) is 19.9 Å². The van der Waals surface area contributed by atoms with Crippen LogP contribution < -0.4 is 4.90 Å². The van der Waals surface area contributed by atoms with Gasteiger partial charge < -0.3 is 4.90 Å². The molecule has 1 heterocycles. The lowest BCUT2D eigenvalue weighted by Crippen LogP contribution is -2.36. The predicted molar refractivity (Wildman–Crippen MR) is 76.2 cm³/mol. The first-order chi connectivity index (χ1) is 9.00. The molecule has 1 aromatic rings. The van der Waals surface area contributed by atoms with Gasteiger partial charge in [-0.2, -0.15) is 0 Å². The molecule has 0 aliphatic carbocycles. The van der Waals surface area contributed by atoms with Crippen molar-refractivity contribution in [3.8, 4) is 0 Å². The van der Waals surface area contributed by atoms with E-state index in [1.807, 2.05) is 6.07 Å². The van der Waals surface area contributed by atoms with Crippen LogP contribution in [0.25, 0.3) is 0 Å². The highest BCUT2D eigenvalue weighted by atomic mass is 19.1. The molecule has 1 aliphatic heterocycles. The second-order valence-electron chi connectivity index (χ2n) is 5.76. The summed E-state index contributed by atoms with van der Waals surface area (Å²) in [6.07, 6.45) is 2.23. The van der Waals surface area contributed by atoms with Crippen molar-refractivity contribution in [2.45, 2.75) is 33.6 Å². The number of Topliss-reactive ketones (excluding diaryl/α,β-unsaturated/α-hetero) is 1. The Kier molecular flexibility index (Phi) is 4.23. The molecular weight excluding hydrogens is 241 g/mol. The molecule has 1 fully saturated rings. The molecule has 104 valence electrons. The van der Waals surface area contributed by atoms with Gasteiger partial charge in [0, 0.05) is 13.1 Å². The maximum absolute atomic E-state index is 13.8. The third-order valence-electron chi connectivity index (χ3n) is 4.17. The average molecular weight is 263 g/mol. The van der Waals surface area contributed by atoms with E-state index in [-0.39, 0.29) is 11.3 Å². The lowest BCUT2D eigenvalue weighted by molar-refractivity contribution is 0.101. The molecule has 3 heteroatoms. The number of piperidine rings is 1. The highest BCUT2D eigenvalue weighted by molar-refractivity contribution is 6.00. The SMILES string of the molecule is CC(=O)c1c(F)cccc1N1CCC(C(C)C)CC1. The molecule has 19 heavy (non-hydrogen) atoms. The minimum absolute atomic E-state index is 0.195. The van der Waals surface area contributed by atoms with E-state index in [1.165, 1.54) is 13.0 Å². The molecule has 2 nitrogen and oxygen atoms in total. The van der Waals surface area contributed by atoms with E-state index in [0.717, 1.165) is 37.5 Å². The summed E-state index contributed by atoms with van der Waals surface area (Å²) < 4.78 is 13.8. The fourth-order valence-corrected chi connectivity index (χ4v) is 2.93. The normalized spacial score (nSPS) is 17.0. The summed E-state index contributed by atoms with van der Waals surface area (Å²) in [5, 5.41) is 0. The van der Waals surface area contributed by atoms with Gasteiger partial charge in [0.1, 0.15) is 5.82 Å². The summed E-state index contributed by atoms with van der Waals surface area (Å²) in [7, 11) is 0. The molecular formula is C16H22FNO. The maximum atomic E-state index is 13.8. The molecule has 0 atom stereocenters. The Labute approximate surface area is 114 Å². The van der Waals surface area contributed by atoms with Crippen LogP contribution in [0.1, 0.15) is 44.0 Å². The molecule has 1 aliphatic rings. The van der Waals surface area contributed by atoms with E-state index in [2.05, 4.69) is 18.7 Å². The zero-order chi connectivity index (χ0) is 14.0. The first kappa shape index (κ1) is 14.0. The summed E-state index contributed by atoms with van der Waals surface area (Å²) >= 11 is 0. The summed E-state index contributed by atoms with van der Waals surface area (Å²) in [6.45, 7) is 7.76. The first-order valence-electron chi connectivity index (χ1n) is 7.05. The Hall–Kier alpha value is -1.38. The van der Waals surface area contributed by atoms with Gasteiger partial charge in [0.2, 0.25) is 0 Å². The summed E-state index contributed by atoms with van der Waals surface area (Å²) in [6, 6.07) is 4.91. The summed E-state index contributed by atoms with van der Waals surface area (Å²) in [5.74, 6) is 0.836. The molecule has 0 bridgehead atoms. The van der Waals surface area contributed by atoms with E-state index < -0.39 is 5.82 Å². The van der Waals surface area contributed by atoms with Crippen LogP contribution in [0.5, 0.6) is 0 Å². The van der Waals surface area contributed by atoms with Crippen molar-refractivity contribution in [1.29, 1.82) is 0 Å². The molecule has 0 unspecified atom stereocenters. The largest absolute Gasteiger partial charge is 0.371 e. The summed E-state index contributed by atoms with van der Waals surface area (Å²) in [4.78, 5) is 13.8. The van der Waals surface area contributed by atoms with Crippen molar-refractivity contribution in [2.75, 3.05) is 18.0 Å². The lowest BCUT2D eigenvalue weighted by atomic mass is 9.86. The Morgan fingerprint density at radius 3 is 2.47 bits per heavy atom. The number of carbonyl (C=O) groups is 1. The number of ketones is 1. The van der Waals surface area contributed by atoms with Crippen molar-refractivity contribution in [2.24, 2.45) is 11.8 Å². The van der Waals surface area contributed by atoms with Crippen LogP contribution in [-0.2, 0) is 0 Å². The van der Waals surface area contributed by atoms with Crippen LogP contribution in [0.2, 0.25) is 0 Å². The Morgan fingerprint density at radius 1 is 1.32 bits per heavy atom. The van der Waals surface area contributed by atoms with Gasteiger partial charge in [0.25, 0.3) is 0 Å². The second kappa shape index (κ2) is 5.72. The minimum Gasteiger partial charge on any atom is -0.371 e. The molecule has 0 radical (unpaired) electrons. The highest BCUT2D eigenvalue weighted by Gasteiger charge is 2.24. The third-order valence-corrected chi connectivity index (χ3v) is 4.17. The zero-order valence-corrected chi connectivity index (χ0v) is 11.9. The first-order valence-corrected chi connectivity index (χ1v) is 7.05. The minimum atomic E-state index is -0.406. The number of hydrogen-bond donors (Lipinski definition) is 0. The van der Waals surface area contributed by atoms with Crippen LogP contribution in [0.3, 0.4) is 0 Å². The van der Waals surface area contributed by atoms with Crippen molar-refractivity contribution in [1.82, 2.24) is 0 Å². The molecule has 0 amide bonds. The van der Waals surface area contributed by atoms with Gasteiger partial charge in [-0.3, -0.25) is 4.79 Å². The predicted octanol–water partition coefficient (Wildman–Crippen LogP) is 3.90. The Bertz CT molecular complexity index is 462. The van der Waals surface area contributed by atoms with E-state index in [0.29, 0.717) is 5.92 Å². The van der Waals surface area contributed by atoms with Crippen molar-refractivity contribution in [3.05, 3.63) is 29.6 Å². The van der Waals surface area contributed by atoms with Crippen molar-refractivity contribution in [3.63, 3.8) is 0 Å². The monoisotopic (exact) mass is 263 g/mol. The van der Waals surface area contributed by atoms with E-state index in [9.17, 15) is 9.18 Å². The fraction of sp³-hybridized carbons (Fsp3) is 0.562. The van der Waals surface area contributed by atoms with Crippen LogP contribution in [-0.4, -0.2) is 18.9 Å². The number of halogens is 1. The standard InChI is InChI=1S/C16H22FNO/c1-11(2)13-7-9-18(10-8-13)15-6-4-5-14(17)16(15)12(3)19/h4-6,11,13H,7-10H2,1-3H3. The molecule has 0 saturated carbocycles. The van der Waals surface area contributed by atoms with Crippen molar-refractivity contribution >= 4 is 11.5 Å². The third kappa shape index (κ3) is 2.96. The van der Waals surface area contributed by atoms with Gasteiger partial charge in [-0.05, 0) is 43.7 Å². The molecule has 0 spiro atoms. The number of carbonyl (C=O) groups excluding carboxylic acids is 1. The maximum Gasteiger partial charge on any atom is 0.164 e. The number of anilines is 1. The molecule has 0 aromatic heterocycles. The lowest BCUT2D eigenvalue weighted by Gasteiger charge is -2.36. The highest BCUT2D eigenvalue weighted by Crippen LogP contribution is 2.30. The number of benzene rings is 1. The van der Waals surface area contributed by atoms with Crippen LogP contribution in [0, 0.1) is 17.7 Å². The zero-order valence-electron chi connectivity index (χ0n) is 11.9. The van der Waals surface area contributed by atoms with Gasteiger partial charge in [-0.25, -0.2) is 4.39 Å². The van der Waals surface area contributed by atoms with E-state index in [1.54, 1.807) is 6.07 Å². The number of rotatable bonds is 3. The average Bonchev–Trinajstić information content (AvgIpc) is 2.38. The fourth-order valence-electron chi connectivity index (χ4n) is 2.93. The second-order valence-corrected chi connectivity index (χ2v) is 5.76. The van der Waals surface area contributed by atoms with Crippen LogP contribution in [0.4, 0.5) is 10.1 Å². The van der Waals surface area contributed by atoms with Crippen LogP contribution in [0.15, 0.2) is 18.2 Å².